The number of thiazole rings is 1. The van der Waals surface area contributed by atoms with Crippen LogP contribution in [-0.2, 0) is 6.18 Å². The molecule has 1 aliphatic rings. The summed E-state index contributed by atoms with van der Waals surface area (Å²) in [6, 6.07) is 7.81. The van der Waals surface area contributed by atoms with E-state index in [2.05, 4.69) is 15.3 Å². The highest BCUT2D eigenvalue weighted by Gasteiger charge is 2.35. The number of alkyl halides is 3. The average Bonchev–Trinajstić information content (AvgIpc) is 3.41. The van der Waals surface area contributed by atoms with E-state index in [0.717, 1.165) is 35.0 Å². The summed E-state index contributed by atoms with van der Waals surface area (Å²) in [5.74, 6) is 0.575. The number of aromatic nitrogens is 2. The van der Waals surface area contributed by atoms with Crippen molar-refractivity contribution in [3.8, 4) is 17.0 Å². The summed E-state index contributed by atoms with van der Waals surface area (Å²) in [5.41, 5.74) is 1.18. The summed E-state index contributed by atoms with van der Waals surface area (Å²) in [4.78, 5) is 9.60. The highest BCUT2D eigenvalue weighted by atomic mass is 32.1. The van der Waals surface area contributed by atoms with Crippen molar-refractivity contribution in [2.24, 2.45) is 5.92 Å². The maximum absolute atomic E-state index is 13.7. The Balaban J connectivity index is 1.45. The van der Waals surface area contributed by atoms with E-state index in [4.69, 9.17) is 4.74 Å². The van der Waals surface area contributed by atoms with E-state index in [1.165, 1.54) is 43.1 Å². The molecule has 0 unspecified atom stereocenters. The average molecular weight is 462 g/mol. The molecular formula is C24H26F3N3OS. The van der Waals surface area contributed by atoms with Crippen LogP contribution in [0.3, 0.4) is 0 Å². The zero-order chi connectivity index (χ0) is 22.6. The van der Waals surface area contributed by atoms with Crippen molar-refractivity contribution in [3.05, 3.63) is 53.2 Å². The first-order valence-electron chi connectivity index (χ1n) is 10.9. The monoisotopic (exact) mass is 461 g/mol. The Morgan fingerprint density at radius 1 is 1.19 bits per heavy atom. The molecule has 0 saturated heterocycles. The minimum atomic E-state index is -4.50. The van der Waals surface area contributed by atoms with Crippen LogP contribution in [0.5, 0.6) is 5.75 Å². The number of hydrogen-bond acceptors (Lipinski definition) is 5. The second-order valence-corrected chi connectivity index (χ2v) is 9.34. The van der Waals surface area contributed by atoms with Crippen LogP contribution in [0.1, 0.15) is 49.0 Å². The van der Waals surface area contributed by atoms with Crippen molar-refractivity contribution in [2.45, 2.75) is 51.6 Å². The number of aryl methyl sites for hydroxylation is 1. The lowest BCUT2D eigenvalue weighted by Gasteiger charge is -2.16. The van der Waals surface area contributed by atoms with E-state index < -0.39 is 11.7 Å². The zero-order valence-electron chi connectivity index (χ0n) is 17.9. The molecule has 1 N–H and O–H groups in total. The Morgan fingerprint density at radius 2 is 2.00 bits per heavy atom. The Kier molecular flexibility index (Phi) is 6.98. The molecule has 8 heteroatoms. The molecule has 1 fully saturated rings. The third-order valence-corrected chi connectivity index (χ3v) is 6.64. The zero-order valence-corrected chi connectivity index (χ0v) is 18.7. The van der Waals surface area contributed by atoms with E-state index in [1.54, 1.807) is 18.5 Å². The van der Waals surface area contributed by atoms with Crippen LogP contribution in [-0.4, -0.2) is 16.6 Å². The Hall–Kier alpha value is -2.61. The van der Waals surface area contributed by atoms with Gasteiger partial charge in [0.2, 0.25) is 0 Å². The van der Waals surface area contributed by atoms with E-state index >= 15 is 0 Å². The molecule has 2 heterocycles. The van der Waals surface area contributed by atoms with Gasteiger partial charge in [0.25, 0.3) is 0 Å². The number of nitrogens with zero attached hydrogens (tertiary/aromatic N) is 2. The van der Waals surface area contributed by atoms with E-state index in [1.807, 2.05) is 19.1 Å². The summed E-state index contributed by atoms with van der Waals surface area (Å²) < 4.78 is 46.6. The molecular weight excluding hydrogens is 435 g/mol. The number of hydrogen-bond donors (Lipinski definition) is 1. The second-order valence-electron chi connectivity index (χ2n) is 8.14. The van der Waals surface area contributed by atoms with Crippen LogP contribution in [0.2, 0.25) is 0 Å². The molecule has 0 radical (unpaired) electrons. The SMILES string of the molecule is Cc1sc(Nc2ccc(OCCCC3CCCC3)c(C(F)(F)F)c2)nc1-c1cccnc1. The van der Waals surface area contributed by atoms with E-state index in [-0.39, 0.29) is 5.75 Å². The van der Waals surface area contributed by atoms with Crippen molar-refractivity contribution in [1.82, 2.24) is 9.97 Å². The minimum absolute atomic E-state index is 0.124. The van der Waals surface area contributed by atoms with Crippen LogP contribution >= 0.6 is 11.3 Å². The van der Waals surface area contributed by atoms with Gasteiger partial charge in [0.15, 0.2) is 5.13 Å². The normalized spacial score (nSPS) is 14.6. The van der Waals surface area contributed by atoms with Crippen LogP contribution < -0.4 is 10.1 Å². The number of pyridine rings is 1. The van der Waals surface area contributed by atoms with Crippen molar-refractivity contribution in [2.75, 3.05) is 11.9 Å². The Labute approximate surface area is 189 Å². The molecule has 1 saturated carbocycles. The van der Waals surface area contributed by atoms with E-state index in [0.29, 0.717) is 23.3 Å². The lowest BCUT2D eigenvalue weighted by atomic mass is 10.0. The molecule has 3 aromatic rings. The molecule has 32 heavy (non-hydrogen) atoms. The maximum atomic E-state index is 13.7. The van der Waals surface area contributed by atoms with Crippen molar-refractivity contribution >= 4 is 22.2 Å². The Morgan fingerprint density at radius 3 is 2.72 bits per heavy atom. The minimum Gasteiger partial charge on any atom is -0.493 e. The standard InChI is InChI=1S/C24H26F3N3OS/c1-16-22(18-9-4-12-28-15-18)30-23(32-16)29-19-10-11-21(20(14-19)24(25,26)27)31-13-5-8-17-6-2-3-7-17/h4,9-12,14-15,17H,2-3,5-8,13H2,1H3,(H,29,30). The fourth-order valence-electron chi connectivity index (χ4n) is 4.15. The topological polar surface area (TPSA) is 47.0 Å². The quantitative estimate of drug-likeness (QED) is 0.350. The number of nitrogens with one attached hydrogen (secondary N) is 1. The van der Waals surface area contributed by atoms with Gasteiger partial charge in [-0.1, -0.05) is 25.7 Å². The van der Waals surface area contributed by atoms with E-state index in [9.17, 15) is 13.2 Å². The van der Waals surface area contributed by atoms with Gasteiger partial charge in [-0.25, -0.2) is 4.98 Å². The van der Waals surface area contributed by atoms with Gasteiger partial charge in [0.1, 0.15) is 5.75 Å². The van der Waals surface area contributed by atoms with Crippen molar-refractivity contribution < 1.29 is 17.9 Å². The summed E-state index contributed by atoms with van der Waals surface area (Å²) in [5, 5.41) is 3.54. The number of anilines is 2. The summed E-state index contributed by atoms with van der Waals surface area (Å²) in [6.45, 7) is 2.22. The van der Waals surface area contributed by atoms with Gasteiger partial charge in [0, 0.05) is 28.5 Å². The number of rotatable bonds is 8. The molecule has 0 atom stereocenters. The Bertz CT molecular complexity index is 1030. The predicted octanol–water partition coefficient (Wildman–Crippen LogP) is 7.63. The lowest BCUT2D eigenvalue weighted by Crippen LogP contribution is -2.10. The first-order valence-corrected chi connectivity index (χ1v) is 11.7. The fraction of sp³-hybridized carbons (Fsp3) is 0.417. The summed E-state index contributed by atoms with van der Waals surface area (Å²) in [6.07, 6.45) is 5.67. The molecule has 4 nitrogen and oxygen atoms in total. The maximum Gasteiger partial charge on any atom is 0.420 e. The molecule has 1 aliphatic carbocycles. The van der Waals surface area contributed by atoms with Crippen molar-refractivity contribution in [1.29, 1.82) is 0 Å². The predicted molar refractivity (Wildman–Crippen MR) is 121 cm³/mol. The number of benzene rings is 1. The van der Waals surface area contributed by atoms with Gasteiger partial charge in [0.05, 0.1) is 17.9 Å². The van der Waals surface area contributed by atoms with Crippen LogP contribution in [0.15, 0.2) is 42.7 Å². The first-order chi connectivity index (χ1) is 15.4. The van der Waals surface area contributed by atoms with Gasteiger partial charge in [-0.3, -0.25) is 4.98 Å². The van der Waals surface area contributed by atoms with Gasteiger partial charge < -0.3 is 10.1 Å². The van der Waals surface area contributed by atoms with Gasteiger partial charge in [-0.15, -0.1) is 11.3 Å². The third-order valence-electron chi connectivity index (χ3n) is 5.76. The van der Waals surface area contributed by atoms with Gasteiger partial charge in [-0.05, 0) is 56.0 Å². The largest absolute Gasteiger partial charge is 0.493 e. The summed E-state index contributed by atoms with van der Waals surface area (Å²) >= 11 is 1.39. The van der Waals surface area contributed by atoms with Gasteiger partial charge >= 0.3 is 6.18 Å². The number of halogens is 3. The smallest absolute Gasteiger partial charge is 0.420 e. The highest BCUT2D eigenvalue weighted by molar-refractivity contribution is 7.16. The molecule has 1 aromatic carbocycles. The summed E-state index contributed by atoms with van der Waals surface area (Å²) in [7, 11) is 0. The van der Waals surface area contributed by atoms with Crippen molar-refractivity contribution in [3.63, 3.8) is 0 Å². The van der Waals surface area contributed by atoms with Crippen LogP contribution in [0.25, 0.3) is 11.3 Å². The molecule has 2 aromatic heterocycles. The molecule has 4 rings (SSSR count). The molecule has 0 aliphatic heterocycles. The third kappa shape index (κ3) is 5.59. The first kappa shape index (κ1) is 22.6. The molecule has 0 bridgehead atoms. The van der Waals surface area contributed by atoms with Gasteiger partial charge in [-0.2, -0.15) is 13.2 Å². The molecule has 170 valence electrons. The molecule has 0 spiro atoms. The number of ether oxygens (including phenoxy) is 1. The van der Waals surface area contributed by atoms with Crippen LogP contribution in [0, 0.1) is 12.8 Å². The fourth-order valence-corrected chi connectivity index (χ4v) is 5.01. The highest BCUT2D eigenvalue weighted by Crippen LogP contribution is 2.39. The second kappa shape index (κ2) is 9.90. The lowest BCUT2D eigenvalue weighted by molar-refractivity contribution is -0.138. The molecule has 0 amide bonds. The van der Waals surface area contributed by atoms with Crippen LogP contribution in [0.4, 0.5) is 24.0 Å².